The van der Waals surface area contributed by atoms with Crippen LogP contribution in [0, 0.1) is 0 Å². The molecule has 2 aromatic carbocycles. The first kappa shape index (κ1) is 11.1. The number of rotatable bonds is 2. The van der Waals surface area contributed by atoms with E-state index in [2.05, 4.69) is 54.7 Å². The summed E-state index contributed by atoms with van der Waals surface area (Å²) in [5.41, 5.74) is 4.91. The number of hydrogen-bond acceptors (Lipinski definition) is 2. The first-order valence-corrected chi connectivity index (χ1v) is 6.47. The molecule has 2 aromatic rings. The first-order valence-electron chi connectivity index (χ1n) is 6.47. The van der Waals surface area contributed by atoms with Crippen LogP contribution in [0.5, 0.6) is 5.75 Å². The Labute approximate surface area is 108 Å². The highest BCUT2D eigenvalue weighted by Gasteiger charge is 2.10. The maximum atomic E-state index is 5.67. The number of ether oxygens (including phenoxy) is 1. The van der Waals surface area contributed by atoms with E-state index in [1.54, 1.807) is 0 Å². The van der Waals surface area contributed by atoms with Crippen molar-refractivity contribution in [3.8, 4) is 16.9 Å². The summed E-state index contributed by atoms with van der Waals surface area (Å²) in [7, 11) is 0. The molecule has 0 bridgehead atoms. The molecule has 18 heavy (non-hydrogen) atoms. The normalized spacial score (nSPS) is 13.4. The molecule has 0 unspecified atom stereocenters. The Morgan fingerprint density at radius 3 is 2.61 bits per heavy atom. The standard InChI is InChI=1S/C16H17NO/c1-2-12-3-5-13(6-4-12)14-7-8-15-16(11-14)18-10-9-17-15/h3-8,11,17H,2,9-10H2,1H3. The average molecular weight is 239 g/mol. The molecule has 1 N–H and O–H groups in total. The summed E-state index contributed by atoms with van der Waals surface area (Å²) in [6.07, 6.45) is 1.08. The minimum absolute atomic E-state index is 0.741. The van der Waals surface area contributed by atoms with Gasteiger partial charge in [0.05, 0.1) is 5.69 Å². The molecule has 1 aliphatic rings. The highest BCUT2D eigenvalue weighted by atomic mass is 16.5. The van der Waals surface area contributed by atoms with Gasteiger partial charge in [0.25, 0.3) is 0 Å². The van der Waals surface area contributed by atoms with Crippen molar-refractivity contribution in [2.45, 2.75) is 13.3 Å². The van der Waals surface area contributed by atoms with Crippen LogP contribution in [0.15, 0.2) is 42.5 Å². The first-order chi connectivity index (χ1) is 8.86. The van der Waals surface area contributed by atoms with Gasteiger partial charge in [-0.3, -0.25) is 0 Å². The zero-order valence-electron chi connectivity index (χ0n) is 10.6. The van der Waals surface area contributed by atoms with Gasteiger partial charge in [0.2, 0.25) is 0 Å². The number of benzene rings is 2. The summed E-state index contributed by atoms with van der Waals surface area (Å²) >= 11 is 0. The molecule has 2 nitrogen and oxygen atoms in total. The summed E-state index contributed by atoms with van der Waals surface area (Å²) < 4.78 is 5.67. The van der Waals surface area contributed by atoms with E-state index in [1.165, 1.54) is 16.7 Å². The Kier molecular flexibility index (Phi) is 2.93. The second-order valence-electron chi connectivity index (χ2n) is 4.54. The van der Waals surface area contributed by atoms with Crippen LogP contribution in [-0.2, 0) is 6.42 Å². The molecular formula is C16H17NO. The number of aryl methyl sites for hydroxylation is 1. The zero-order chi connectivity index (χ0) is 12.4. The molecule has 92 valence electrons. The minimum Gasteiger partial charge on any atom is -0.490 e. The van der Waals surface area contributed by atoms with E-state index in [-0.39, 0.29) is 0 Å². The van der Waals surface area contributed by atoms with Crippen molar-refractivity contribution in [2.24, 2.45) is 0 Å². The van der Waals surface area contributed by atoms with E-state index in [0.717, 1.165) is 31.0 Å². The van der Waals surface area contributed by atoms with Gasteiger partial charge in [0, 0.05) is 6.54 Å². The molecule has 0 fully saturated rings. The van der Waals surface area contributed by atoms with E-state index >= 15 is 0 Å². The van der Waals surface area contributed by atoms with Crippen LogP contribution in [-0.4, -0.2) is 13.2 Å². The van der Waals surface area contributed by atoms with Gasteiger partial charge < -0.3 is 10.1 Å². The highest BCUT2D eigenvalue weighted by molar-refractivity contribution is 5.71. The molecule has 3 rings (SSSR count). The Balaban J connectivity index is 1.95. The van der Waals surface area contributed by atoms with Crippen molar-refractivity contribution >= 4 is 5.69 Å². The van der Waals surface area contributed by atoms with E-state index in [1.807, 2.05) is 0 Å². The van der Waals surface area contributed by atoms with Gasteiger partial charge in [-0.1, -0.05) is 37.3 Å². The zero-order valence-corrected chi connectivity index (χ0v) is 10.6. The monoisotopic (exact) mass is 239 g/mol. The lowest BCUT2D eigenvalue weighted by Crippen LogP contribution is -2.17. The lowest BCUT2D eigenvalue weighted by molar-refractivity contribution is 0.323. The van der Waals surface area contributed by atoms with Crippen LogP contribution in [0.25, 0.3) is 11.1 Å². The van der Waals surface area contributed by atoms with Crippen LogP contribution >= 0.6 is 0 Å². The third-order valence-electron chi connectivity index (χ3n) is 3.35. The van der Waals surface area contributed by atoms with Gasteiger partial charge >= 0.3 is 0 Å². The van der Waals surface area contributed by atoms with Gasteiger partial charge in [0.1, 0.15) is 12.4 Å². The molecule has 0 saturated heterocycles. The van der Waals surface area contributed by atoms with Crippen LogP contribution in [0.1, 0.15) is 12.5 Å². The predicted molar refractivity (Wildman–Crippen MR) is 75.2 cm³/mol. The SMILES string of the molecule is CCc1ccc(-c2ccc3c(c2)OCCN3)cc1. The third kappa shape index (κ3) is 2.06. The smallest absolute Gasteiger partial charge is 0.143 e. The van der Waals surface area contributed by atoms with Gasteiger partial charge in [0.15, 0.2) is 0 Å². The molecule has 0 radical (unpaired) electrons. The number of hydrogen-bond donors (Lipinski definition) is 1. The fraction of sp³-hybridized carbons (Fsp3) is 0.250. The van der Waals surface area contributed by atoms with Gasteiger partial charge in [-0.2, -0.15) is 0 Å². The predicted octanol–water partition coefficient (Wildman–Crippen LogP) is 3.72. The van der Waals surface area contributed by atoms with Crippen molar-refractivity contribution < 1.29 is 4.74 Å². The van der Waals surface area contributed by atoms with Crippen molar-refractivity contribution in [2.75, 3.05) is 18.5 Å². The largest absolute Gasteiger partial charge is 0.490 e. The fourth-order valence-corrected chi connectivity index (χ4v) is 2.25. The molecular weight excluding hydrogens is 222 g/mol. The molecule has 0 atom stereocenters. The van der Waals surface area contributed by atoms with Crippen LogP contribution in [0.3, 0.4) is 0 Å². The highest BCUT2D eigenvalue weighted by Crippen LogP contribution is 2.32. The van der Waals surface area contributed by atoms with E-state index < -0.39 is 0 Å². The molecule has 1 aliphatic heterocycles. The fourth-order valence-electron chi connectivity index (χ4n) is 2.25. The molecule has 0 aliphatic carbocycles. The Morgan fingerprint density at radius 1 is 1.06 bits per heavy atom. The number of fused-ring (bicyclic) bond motifs is 1. The summed E-state index contributed by atoms with van der Waals surface area (Å²) in [5.74, 6) is 0.957. The Bertz CT molecular complexity index is 546. The summed E-state index contributed by atoms with van der Waals surface area (Å²) in [6, 6.07) is 15.1. The van der Waals surface area contributed by atoms with Crippen molar-refractivity contribution in [3.63, 3.8) is 0 Å². The molecule has 0 saturated carbocycles. The summed E-state index contributed by atoms with van der Waals surface area (Å²) in [5, 5.41) is 3.33. The van der Waals surface area contributed by atoms with Gasteiger partial charge in [-0.05, 0) is 35.2 Å². The third-order valence-corrected chi connectivity index (χ3v) is 3.35. The van der Waals surface area contributed by atoms with E-state index in [9.17, 15) is 0 Å². The van der Waals surface area contributed by atoms with E-state index in [0.29, 0.717) is 0 Å². The van der Waals surface area contributed by atoms with Gasteiger partial charge in [-0.15, -0.1) is 0 Å². The molecule has 0 aromatic heterocycles. The second kappa shape index (κ2) is 4.73. The number of nitrogens with one attached hydrogen (secondary N) is 1. The van der Waals surface area contributed by atoms with Crippen molar-refractivity contribution in [1.29, 1.82) is 0 Å². The second-order valence-corrected chi connectivity index (χ2v) is 4.54. The minimum atomic E-state index is 0.741. The van der Waals surface area contributed by atoms with Crippen LogP contribution in [0.4, 0.5) is 5.69 Å². The summed E-state index contributed by atoms with van der Waals surface area (Å²) in [4.78, 5) is 0. The van der Waals surface area contributed by atoms with Crippen LogP contribution < -0.4 is 10.1 Å². The molecule has 1 heterocycles. The quantitative estimate of drug-likeness (QED) is 0.862. The van der Waals surface area contributed by atoms with Crippen molar-refractivity contribution in [3.05, 3.63) is 48.0 Å². The molecule has 0 amide bonds. The van der Waals surface area contributed by atoms with Crippen molar-refractivity contribution in [1.82, 2.24) is 0 Å². The Hall–Kier alpha value is -1.96. The molecule has 2 heteroatoms. The lowest BCUT2D eigenvalue weighted by atomic mass is 10.0. The summed E-state index contributed by atoms with van der Waals surface area (Å²) in [6.45, 7) is 3.80. The van der Waals surface area contributed by atoms with Gasteiger partial charge in [-0.25, -0.2) is 0 Å². The van der Waals surface area contributed by atoms with E-state index in [4.69, 9.17) is 4.74 Å². The van der Waals surface area contributed by atoms with Crippen LogP contribution in [0.2, 0.25) is 0 Å². The number of anilines is 1. The Morgan fingerprint density at radius 2 is 1.83 bits per heavy atom. The lowest BCUT2D eigenvalue weighted by Gasteiger charge is -2.19. The topological polar surface area (TPSA) is 21.3 Å². The maximum Gasteiger partial charge on any atom is 0.143 e. The average Bonchev–Trinajstić information content (AvgIpc) is 2.47. The molecule has 0 spiro atoms. The maximum absolute atomic E-state index is 5.67.